The minimum absolute atomic E-state index is 0. The van der Waals surface area contributed by atoms with Crippen molar-refractivity contribution in [2.75, 3.05) is 19.6 Å². The van der Waals surface area contributed by atoms with E-state index in [0.29, 0.717) is 12.3 Å². The number of hydrogen-bond acceptors (Lipinski definition) is 3. The van der Waals surface area contributed by atoms with Crippen LogP contribution in [0.4, 0.5) is 0 Å². The largest absolute Gasteiger partial charge is 0.456 e. The van der Waals surface area contributed by atoms with Gasteiger partial charge in [0.05, 0.1) is 0 Å². The van der Waals surface area contributed by atoms with Crippen LogP contribution in [0.3, 0.4) is 0 Å². The van der Waals surface area contributed by atoms with Crippen molar-refractivity contribution in [1.82, 2.24) is 10.6 Å². The molecule has 0 saturated carbocycles. The molecule has 1 aliphatic heterocycles. The van der Waals surface area contributed by atoms with Gasteiger partial charge in [0, 0.05) is 13.1 Å². The highest BCUT2D eigenvalue weighted by atomic mass is 35.5. The molecule has 1 aromatic rings. The Kier molecular flexibility index (Phi) is 5.23. The normalized spacial score (nSPS) is 23.2. The summed E-state index contributed by atoms with van der Waals surface area (Å²) in [7, 11) is 0. The van der Waals surface area contributed by atoms with E-state index >= 15 is 0 Å². The molecule has 2 rings (SSSR count). The number of halogens is 1. The van der Waals surface area contributed by atoms with Crippen LogP contribution in [-0.4, -0.2) is 25.5 Å². The smallest absolute Gasteiger partial charge is 0.287 e. The lowest BCUT2D eigenvalue weighted by Crippen LogP contribution is -2.45. The third kappa shape index (κ3) is 3.75. The summed E-state index contributed by atoms with van der Waals surface area (Å²) in [5, 5.41) is 6.32. The summed E-state index contributed by atoms with van der Waals surface area (Å²) in [5.41, 5.74) is 0.162. The average molecular weight is 273 g/mol. The molecule has 102 valence electrons. The van der Waals surface area contributed by atoms with Crippen LogP contribution >= 0.6 is 12.4 Å². The molecule has 1 unspecified atom stereocenters. The van der Waals surface area contributed by atoms with Crippen LogP contribution in [-0.2, 0) is 0 Å². The van der Waals surface area contributed by atoms with Gasteiger partial charge in [-0.05, 0) is 43.9 Å². The molecule has 1 fully saturated rings. The standard InChI is InChI=1S/C13H20N2O2.ClH/c1-10-4-5-11(17-10)12(16)15-9-13(2)6-3-7-14-8-13;/h4-5,14H,3,6-9H2,1-2H3,(H,15,16);1H. The molecule has 0 radical (unpaired) electrons. The second-order valence-electron chi connectivity index (χ2n) is 5.18. The van der Waals surface area contributed by atoms with Crippen LogP contribution in [0.5, 0.6) is 0 Å². The number of hydrogen-bond donors (Lipinski definition) is 2. The molecule has 4 nitrogen and oxygen atoms in total. The SMILES string of the molecule is Cc1ccc(C(=O)NCC2(C)CCCNC2)o1.Cl. The topological polar surface area (TPSA) is 54.3 Å². The number of aryl methyl sites for hydroxylation is 1. The summed E-state index contributed by atoms with van der Waals surface area (Å²) in [6.45, 7) is 6.78. The van der Waals surface area contributed by atoms with Gasteiger partial charge in [-0.3, -0.25) is 4.79 Å². The zero-order valence-corrected chi connectivity index (χ0v) is 11.7. The second kappa shape index (κ2) is 6.25. The first kappa shape index (κ1) is 15.1. The van der Waals surface area contributed by atoms with Crippen molar-refractivity contribution in [3.63, 3.8) is 0 Å². The van der Waals surface area contributed by atoms with Gasteiger partial charge in [-0.1, -0.05) is 6.92 Å². The summed E-state index contributed by atoms with van der Waals surface area (Å²) in [6.07, 6.45) is 2.32. The third-order valence-electron chi connectivity index (χ3n) is 3.33. The average Bonchev–Trinajstić information content (AvgIpc) is 2.74. The first-order valence-corrected chi connectivity index (χ1v) is 6.14. The molecule has 1 atom stereocenters. The van der Waals surface area contributed by atoms with E-state index in [2.05, 4.69) is 17.6 Å². The Labute approximate surface area is 114 Å². The van der Waals surface area contributed by atoms with Gasteiger partial charge in [-0.2, -0.15) is 0 Å². The van der Waals surface area contributed by atoms with E-state index in [1.165, 1.54) is 6.42 Å². The predicted octanol–water partition coefficient (Wildman–Crippen LogP) is 2.13. The molecule has 1 aliphatic rings. The maximum Gasteiger partial charge on any atom is 0.287 e. The molecule has 1 saturated heterocycles. The van der Waals surface area contributed by atoms with Crippen LogP contribution in [0.15, 0.2) is 16.5 Å². The number of amides is 1. The summed E-state index contributed by atoms with van der Waals surface area (Å²) in [4.78, 5) is 11.8. The van der Waals surface area contributed by atoms with Crippen LogP contribution in [0.25, 0.3) is 0 Å². The van der Waals surface area contributed by atoms with Crippen LogP contribution in [0, 0.1) is 12.3 Å². The lowest BCUT2D eigenvalue weighted by Gasteiger charge is -2.34. The molecule has 0 bridgehead atoms. The Hall–Kier alpha value is -1.00. The third-order valence-corrected chi connectivity index (χ3v) is 3.33. The Morgan fingerprint density at radius 2 is 2.33 bits per heavy atom. The zero-order chi connectivity index (χ0) is 12.3. The summed E-state index contributed by atoms with van der Waals surface area (Å²) in [5.74, 6) is 1.04. The molecule has 2 N–H and O–H groups in total. The van der Waals surface area contributed by atoms with Crippen molar-refractivity contribution in [2.24, 2.45) is 5.41 Å². The monoisotopic (exact) mass is 272 g/mol. The summed E-state index contributed by atoms with van der Waals surface area (Å²) < 4.78 is 5.29. The molecular formula is C13H21ClN2O2. The maximum atomic E-state index is 11.8. The van der Waals surface area contributed by atoms with E-state index in [1.54, 1.807) is 12.1 Å². The minimum atomic E-state index is -0.120. The van der Waals surface area contributed by atoms with E-state index < -0.39 is 0 Å². The number of piperidine rings is 1. The lowest BCUT2D eigenvalue weighted by molar-refractivity contribution is 0.0895. The molecule has 1 aromatic heterocycles. The maximum absolute atomic E-state index is 11.8. The van der Waals surface area contributed by atoms with E-state index in [1.807, 2.05) is 6.92 Å². The highest BCUT2D eigenvalue weighted by molar-refractivity contribution is 5.91. The van der Waals surface area contributed by atoms with Crippen molar-refractivity contribution in [3.8, 4) is 0 Å². The molecular weight excluding hydrogens is 252 g/mol. The van der Waals surface area contributed by atoms with Crippen LogP contribution < -0.4 is 10.6 Å². The van der Waals surface area contributed by atoms with Crippen LogP contribution in [0.1, 0.15) is 36.1 Å². The summed E-state index contributed by atoms with van der Waals surface area (Å²) >= 11 is 0. The zero-order valence-electron chi connectivity index (χ0n) is 10.9. The van der Waals surface area contributed by atoms with Gasteiger partial charge in [0.1, 0.15) is 5.76 Å². The Morgan fingerprint density at radius 1 is 1.56 bits per heavy atom. The molecule has 0 spiro atoms. The van der Waals surface area contributed by atoms with Crippen molar-refractivity contribution in [1.29, 1.82) is 0 Å². The predicted molar refractivity (Wildman–Crippen MR) is 73.2 cm³/mol. The molecule has 0 aromatic carbocycles. The van der Waals surface area contributed by atoms with Gasteiger partial charge in [0.25, 0.3) is 5.91 Å². The summed E-state index contributed by atoms with van der Waals surface area (Å²) in [6, 6.07) is 3.52. The molecule has 5 heteroatoms. The fourth-order valence-corrected chi connectivity index (χ4v) is 2.21. The Balaban J connectivity index is 0.00000162. The van der Waals surface area contributed by atoms with E-state index in [-0.39, 0.29) is 23.7 Å². The van der Waals surface area contributed by atoms with Gasteiger partial charge < -0.3 is 15.1 Å². The number of rotatable bonds is 3. The Bertz CT molecular complexity index is 397. The van der Waals surface area contributed by atoms with E-state index in [0.717, 1.165) is 25.3 Å². The van der Waals surface area contributed by atoms with Crippen molar-refractivity contribution in [3.05, 3.63) is 23.7 Å². The van der Waals surface area contributed by atoms with Gasteiger partial charge >= 0.3 is 0 Å². The number of carbonyl (C=O) groups is 1. The number of nitrogens with one attached hydrogen (secondary N) is 2. The minimum Gasteiger partial charge on any atom is -0.456 e. The van der Waals surface area contributed by atoms with Crippen molar-refractivity contribution < 1.29 is 9.21 Å². The van der Waals surface area contributed by atoms with Gasteiger partial charge in [-0.15, -0.1) is 12.4 Å². The lowest BCUT2D eigenvalue weighted by atomic mass is 9.83. The van der Waals surface area contributed by atoms with E-state index in [9.17, 15) is 4.79 Å². The molecule has 2 heterocycles. The Morgan fingerprint density at radius 3 is 2.89 bits per heavy atom. The highest BCUT2D eigenvalue weighted by Gasteiger charge is 2.27. The molecule has 0 aliphatic carbocycles. The van der Waals surface area contributed by atoms with Crippen LogP contribution in [0.2, 0.25) is 0 Å². The fraction of sp³-hybridized carbons (Fsp3) is 0.615. The first-order valence-electron chi connectivity index (χ1n) is 6.14. The van der Waals surface area contributed by atoms with E-state index in [4.69, 9.17) is 4.42 Å². The highest BCUT2D eigenvalue weighted by Crippen LogP contribution is 2.24. The first-order chi connectivity index (χ1) is 8.09. The second-order valence-corrected chi connectivity index (χ2v) is 5.18. The van der Waals surface area contributed by atoms with Gasteiger partial charge in [-0.25, -0.2) is 0 Å². The van der Waals surface area contributed by atoms with Gasteiger partial charge in [0.15, 0.2) is 5.76 Å². The van der Waals surface area contributed by atoms with Crippen molar-refractivity contribution >= 4 is 18.3 Å². The molecule has 18 heavy (non-hydrogen) atoms. The quantitative estimate of drug-likeness (QED) is 0.886. The number of carbonyl (C=O) groups excluding carboxylic acids is 1. The van der Waals surface area contributed by atoms with Crippen molar-refractivity contribution in [2.45, 2.75) is 26.7 Å². The fourth-order valence-electron chi connectivity index (χ4n) is 2.21. The molecule has 1 amide bonds. The number of furan rings is 1. The van der Waals surface area contributed by atoms with Gasteiger partial charge in [0.2, 0.25) is 0 Å².